The molecule has 0 aromatic heterocycles. The highest BCUT2D eigenvalue weighted by Gasteiger charge is 2.31. The molecule has 0 spiro atoms. The Balaban J connectivity index is 2.22. The average molecular weight is 238 g/mol. The number of piperidine rings is 1. The van der Waals surface area contributed by atoms with Crippen LogP contribution in [-0.4, -0.2) is 25.8 Å². The molecule has 0 saturated carbocycles. The number of nitrogen functional groups attached to an aromatic ring is 1. The van der Waals surface area contributed by atoms with E-state index in [4.69, 9.17) is 10.5 Å². The van der Waals surface area contributed by atoms with Gasteiger partial charge < -0.3 is 15.4 Å². The summed E-state index contributed by atoms with van der Waals surface area (Å²) in [6, 6.07) is 4.84. The molecule has 2 N–H and O–H groups in total. The van der Waals surface area contributed by atoms with Crippen molar-refractivity contribution in [3.05, 3.63) is 24.0 Å². The fourth-order valence-corrected chi connectivity index (χ4v) is 2.36. The Labute approximate surface area is 101 Å². The van der Waals surface area contributed by atoms with Crippen molar-refractivity contribution in [2.45, 2.75) is 25.4 Å². The van der Waals surface area contributed by atoms with Gasteiger partial charge in [0.15, 0.2) is 0 Å². The number of methoxy groups -OCH3 is 1. The van der Waals surface area contributed by atoms with Gasteiger partial charge in [-0.1, -0.05) is 0 Å². The van der Waals surface area contributed by atoms with Gasteiger partial charge in [-0.15, -0.1) is 0 Å². The van der Waals surface area contributed by atoms with Crippen LogP contribution in [0, 0.1) is 5.82 Å². The summed E-state index contributed by atoms with van der Waals surface area (Å²) < 4.78 is 19.3. The molecule has 1 aromatic rings. The monoisotopic (exact) mass is 238 g/mol. The van der Waals surface area contributed by atoms with Crippen molar-refractivity contribution in [2.24, 2.45) is 0 Å². The lowest BCUT2D eigenvalue weighted by atomic mass is 9.94. The number of anilines is 2. The van der Waals surface area contributed by atoms with Gasteiger partial charge in [0.05, 0.1) is 11.3 Å². The van der Waals surface area contributed by atoms with E-state index in [1.54, 1.807) is 19.2 Å². The lowest BCUT2D eigenvalue weighted by Gasteiger charge is -2.40. The van der Waals surface area contributed by atoms with Crippen LogP contribution in [0.1, 0.15) is 19.8 Å². The molecule has 94 valence electrons. The predicted octanol–water partition coefficient (Wildman–Crippen LogP) is 2.41. The van der Waals surface area contributed by atoms with Crippen LogP contribution in [0.25, 0.3) is 0 Å². The zero-order valence-electron chi connectivity index (χ0n) is 10.4. The molecule has 1 fully saturated rings. The van der Waals surface area contributed by atoms with Crippen LogP contribution in [0.15, 0.2) is 18.2 Å². The highest BCUT2D eigenvalue weighted by atomic mass is 19.1. The molecule has 4 heteroatoms. The van der Waals surface area contributed by atoms with Gasteiger partial charge in [0, 0.05) is 25.9 Å². The normalized spacial score (nSPS) is 25.0. The molecular formula is C13H19FN2O. The summed E-state index contributed by atoms with van der Waals surface area (Å²) in [7, 11) is 1.71. The molecule has 1 atom stereocenters. The second kappa shape index (κ2) is 4.53. The molecule has 0 bridgehead atoms. The maximum atomic E-state index is 13.8. The van der Waals surface area contributed by atoms with E-state index in [0.717, 1.165) is 19.4 Å². The van der Waals surface area contributed by atoms with Gasteiger partial charge in [0.1, 0.15) is 5.82 Å². The molecule has 0 radical (unpaired) electrons. The second-order valence-corrected chi connectivity index (χ2v) is 4.89. The largest absolute Gasteiger partial charge is 0.399 e. The Morgan fingerprint density at radius 2 is 2.24 bits per heavy atom. The number of nitrogens with zero attached hydrogens (tertiary/aromatic N) is 1. The summed E-state index contributed by atoms with van der Waals surface area (Å²) in [4.78, 5) is 2.03. The number of hydrogen-bond acceptors (Lipinski definition) is 3. The molecule has 2 rings (SSSR count). The van der Waals surface area contributed by atoms with Crippen molar-refractivity contribution in [3.8, 4) is 0 Å². The lowest BCUT2D eigenvalue weighted by Crippen LogP contribution is -2.47. The van der Waals surface area contributed by atoms with Crippen molar-refractivity contribution in [1.29, 1.82) is 0 Å². The fourth-order valence-electron chi connectivity index (χ4n) is 2.36. The fraction of sp³-hybridized carbons (Fsp3) is 0.538. The first-order chi connectivity index (χ1) is 8.04. The number of halogens is 1. The van der Waals surface area contributed by atoms with E-state index in [9.17, 15) is 4.39 Å². The Hall–Kier alpha value is -1.29. The SMILES string of the molecule is COC1(C)CCCN(c2ccc(N)cc2F)C1. The molecule has 0 amide bonds. The Morgan fingerprint density at radius 1 is 1.47 bits per heavy atom. The van der Waals surface area contributed by atoms with Crippen LogP contribution in [0.2, 0.25) is 0 Å². The van der Waals surface area contributed by atoms with Gasteiger partial charge in [-0.3, -0.25) is 0 Å². The smallest absolute Gasteiger partial charge is 0.148 e. The minimum Gasteiger partial charge on any atom is -0.399 e. The minimum absolute atomic E-state index is 0.188. The highest BCUT2D eigenvalue weighted by Crippen LogP contribution is 2.30. The molecule has 3 nitrogen and oxygen atoms in total. The van der Waals surface area contributed by atoms with Crippen LogP contribution in [0.5, 0.6) is 0 Å². The van der Waals surface area contributed by atoms with E-state index in [1.165, 1.54) is 6.07 Å². The minimum atomic E-state index is -0.259. The standard InChI is InChI=1S/C13H19FN2O/c1-13(17-2)6-3-7-16(9-13)12-5-4-10(15)8-11(12)14/h4-5,8H,3,6-7,9,15H2,1-2H3. The molecule has 1 aromatic carbocycles. The highest BCUT2D eigenvalue weighted by molar-refractivity contribution is 5.55. The van der Waals surface area contributed by atoms with E-state index in [0.29, 0.717) is 17.9 Å². The number of ether oxygens (including phenoxy) is 1. The zero-order valence-corrected chi connectivity index (χ0v) is 10.4. The lowest BCUT2D eigenvalue weighted by molar-refractivity contribution is -0.00476. The Bertz CT molecular complexity index is 410. The number of nitrogens with two attached hydrogens (primary N) is 1. The van der Waals surface area contributed by atoms with Gasteiger partial charge in [-0.25, -0.2) is 4.39 Å². The van der Waals surface area contributed by atoms with Gasteiger partial charge in [0.25, 0.3) is 0 Å². The number of benzene rings is 1. The summed E-state index contributed by atoms with van der Waals surface area (Å²) in [6.45, 7) is 3.64. The van der Waals surface area contributed by atoms with Gasteiger partial charge in [-0.2, -0.15) is 0 Å². The molecule has 1 aliphatic rings. The number of hydrogen-bond donors (Lipinski definition) is 1. The van der Waals surface area contributed by atoms with Crippen molar-refractivity contribution < 1.29 is 9.13 Å². The third-order valence-corrected chi connectivity index (χ3v) is 3.46. The second-order valence-electron chi connectivity index (χ2n) is 4.89. The molecular weight excluding hydrogens is 219 g/mol. The number of rotatable bonds is 2. The van der Waals surface area contributed by atoms with Crippen LogP contribution >= 0.6 is 0 Å². The van der Waals surface area contributed by atoms with Gasteiger partial charge in [-0.05, 0) is 38.0 Å². The summed E-state index contributed by atoms with van der Waals surface area (Å²) in [6.07, 6.45) is 2.02. The molecule has 17 heavy (non-hydrogen) atoms. The first-order valence-corrected chi connectivity index (χ1v) is 5.89. The summed E-state index contributed by atoms with van der Waals surface area (Å²) in [5.41, 5.74) is 6.43. The maximum absolute atomic E-state index is 13.8. The van der Waals surface area contributed by atoms with Gasteiger partial charge in [0.2, 0.25) is 0 Å². The molecule has 0 aliphatic carbocycles. The van der Waals surface area contributed by atoms with Crippen molar-refractivity contribution in [3.63, 3.8) is 0 Å². The van der Waals surface area contributed by atoms with Crippen LogP contribution in [0.4, 0.5) is 15.8 Å². The van der Waals surface area contributed by atoms with E-state index in [2.05, 4.69) is 6.92 Å². The summed E-state index contributed by atoms with van der Waals surface area (Å²) >= 11 is 0. The van der Waals surface area contributed by atoms with Gasteiger partial charge >= 0.3 is 0 Å². The van der Waals surface area contributed by atoms with E-state index in [-0.39, 0.29) is 11.4 Å². The maximum Gasteiger partial charge on any atom is 0.148 e. The first kappa shape index (κ1) is 12.2. The topological polar surface area (TPSA) is 38.5 Å². The van der Waals surface area contributed by atoms with Crippen LogP contribution in [-0.2, 0) is 4.74 Å². The van der Waals surface area contributed by atoms with E-state index >= 15 is 0 Å². The van der Waals surface area contributed by atoms with Crippen LogP contribution in [0.3, 0.4) is 0 Å². The quantitative estimate of drug-likeness (QED) is 0.804. The van der Waals surface area contributed by atoms with E-state index < -0.39 is 0 Å². The van der Waals surface area contributed by atoms with Crippen molar-refractivity contribution in [1.82, 2.24) is 0 Å². The molecule has 1 saturated heterocycles. The summed E-state index contributed by atoms with van der Waals surface area (Å²) in [5, 5.41) is 0. The van der Waals surface area contributed by atoms with Crippen molar-refractivity contribution >= 4 is 11.4 Å². The summed E-state index contributed by atoms with van der Waals surface area (Å²) in [5.74, 6) is -0.259. The molecule has 1 unspecified atom stereocenters. The Kier molecular flexibility index (Phi) is 3.24. The third-order valence-electron chi connectivity index (χ3n) is 3.46. The Morgan fingerprint density at radius 3 is 2.88 bits per heavy atom. The van der Waals surface area contributed by atoms with Crippen molar-refractivity contribution in [2.75, 3.05) is 30.8 Å². The van der Waals surface area contributed by atoms with Crippen LogP contribution < -0.4 is 10.6 Å². The zero-order chi connectivity index (χ0) is 12.5. The third kappa shape index (κ3) is 2.52. The molecule has 1 heterocycles. The predicted molar refractivity (Wildman–Crippen MR) is 67.7 cm³/mol. The average Bonchev–Trinajstić information content (AvgIpc) is 2.29. The first-order valence-electron chi connectivity index (χ1n) is 5.89. The molecule has 1 aliphatic heterocycles. The van der Waals surface area contributed by atoms with E-state index in [1.807, 2.05) is 4.90 Å².